The van der Waals surface area contributed by atoms with E-state index < -0.39 is 26.7 Å². The average Bonchev–Trinajstić information content (AvgIpc) is 3.05. The molecular formula is C20H22ClN3O5S. The van der Waals surface area contributed by atoms with Gasteiger partial charge < -0.3 is 9.80 Å². The zero-order valence-corrected chi connectivity index (χ0v) is 18.2. The summed E-state index contributed by atoms with van der Waals surface area (Å²) < 4.78 is 24.1. The van der Waals surface area contributed by atoms with Crippen molar-refractivity contribution in [1.82, 2.24) is 4.90 Å². The minimum atomic E-state index is -3.24. The average molecular weight is 452 g/mol. The van der Waals surface area contributed by atoms with Crippen LogP contribution in [0.1, 0.15) is 22.3 Å². The molecule has 10 heteroatoms. The van der Waals surface area contributed by atoms with Crippen LogP contribution < -0.4 is 4.90 Å². The zero-order chi connectivity index (χ0) is 22.1. The lowest BCUT2D eigenvalue weighted by Gasteiger charge is -2.29. The molecule has 1 heterocycles. The van der Waals surface area contributed by atoms with Crippen LogP contribution in [0.4, 0.5) is 11.4 Å². The Labute approximate surface area is 180 Å². The van der Waals surface area contributed by atoms with Crippen LogP contribution in [0, 0.1) is 10.1 Å². The molecule has 8 nitrogen and oxygen atoms in total. The molecule has 0 spiro atoms. The quantitative estimate of drug-likeness (QED) is 0.494. The highest BCUT2D eigenvalue weighted by Gasteiger charge is 2.36. The van der Waals surface area contributed by atoms with Gasteiger partial charge in [0.1, 0.15) is 0 Å². The van der Waals surface area contributed by atoms with Gasteiger partial charge in [-0.3, -0.25) is 14.9 Å². The number of non-ortho nitro benzene ring substituents is 1. The van der Waals surface area contributed by atoms with Crippen molar-refractivity contribution in [3.05, 3.63) is 68.7 Å². The lowest BCUT2D eigenvalue weighted by molar-refractivity contribution is -0.384. The number of carbonyl (C=O) groups excluding carboxylic acids is 1. The summed E-state index contributed by atoms with van der Waals surface area (Å²) in [6, 6.07) is 10.7. The van der Waals surface area contributed by atoms with Gasteiger partial charge in [-0.25, -0.2) is 8.42 Å². The third-order valence-corrected chi connectivity index (χ3v) is 7.19. The Morgan fingerprint density at radius 3 is 2.40 bits per heavy atom. The van der Waals surface area contributed by atoms with Crippen molar-refractivity contribution < 1.29 is 18.1 Å². The van der Waals surface area contributed by atoms with Crippen molar-refractivity contribution in [3.63, 3.8) is 0 Å². The van der Waals surface area contributed by atoms with E-state index >= 15 is 0 Å². The maximum Gasteiger partial charge on any atom is 0.270 e. The number of nitro groups is 1. The Morgan fingerprint density at radius 1 is 1.20 bits per heavy atom. The topological polar surface area (TPSA) is 101 Å². The largest absolute Gasteiger partial charge is 0.378 e. The Morgan fingerprint density at radius 2 is 1.87 bits per heavy atom. The van der Waals surface area contributed by atoms with Crippen molar-refractivity contribution in [2.24, 2.45) is 0 Å². The minimum Gasteiger partial charge on any atom is -0.378 e. The molecule has 2 aromatic rings. The van der Waals surface area contributed by atoms with Crippen molar-refractivity contribution in [2.45, 2.75) is 19.0 Å². The SMILES string of the molecule is CN(C)c1ccc(CN(C(=O)c2cc([N+](=O)[O-])ccc2Cl)C2CCS(=O)(=O)C2)cc1. The summed E-state index contributed by atoms with van der Waals surface area (Å²) in [5.41, 5.74) is 1.54. The number of nitro benzene ring substituents is 1. The van der Waals surface area contributed by atoms with Gasteiger partial charge in [-0.05, 0) is 30.2 Å². The summed E-state index contributed by atoms with van der Waals surface area (Å²) in [6.07, 6.45) is 0.316. The number of halogens is 1. The number of nitrogens with zero attached hydrogens (tertiary/aromatic N) is 3. The molecule has 3 rings (SSSR count). The van der Waals surface area contributed by atoms with Gasteiger partial charge in [0.15, 0.2) is 9.84 Å². The molecule has 1 aliphatic rings. The summed E-state index contributed by atoms with van der Waals surface area (Å²) in [4.78, 5) is 27.3. The van der Waals surface area contributed by atoms with E-state index in [4.69, 9.17) is 11.6 Å². The third kappa shape index (κ3) is 4.91. The zero-order valence-electron chi connectivity index (χ0n) is 16.6. The van der Waals surface area contributed by atoms with E-state index in [0.717, 1.165) is 17.3 Å². The number of hydrogen-bond acceptors (Lipinski definition) is 6. The first-order chi connectivity index (χ1) is 14.1. The molecular weight excluding hydrogens is 430 g/mol. The number of carbonyl (C=O) groups is 1. The lowest BCUT2D eigenvalue weighted by atomic mass is 10.1. The number of hydrogen-bond donors (Lipinski definition) is 0. The number of rotatable bonds is 6. The van der Waals surface area contributed by atoms with Crippen LogP contribution in [0.25, 0.3) is 0 Å². The first-order valence-electron chi connectivity index (χ1n) is 9.29. The van der Waals surface area contributed by atoms with E-state index in [1.54, 1.807) is 0 Å². The second-order valence-corrected chi connectivity index (χ2v) is 10.1. The monoisotopic (exact) mass is 451 g/mol. The van der Waals surface area contributed by atoms with Gasteiger partial charge in [0.05, 0.1) is 27.0 Å². The maximum absolute atomic E-state index is 13.3. The second kappa shape index (κ2) is 8.61. The van der Waals surface area contributed by atoms with Gasteiger partial charge in [-0.1, -0.05) is 23.7 Å². The predicted molar refractivity (Wildman–Crippen MR) is 116 cm³/mol. The molecule has 1 aliphatic heterocycles. The van der Waals surface area contributed by atoms with Gasteiger partial charge in [-0.2, -0.15) is 0 Å². The first kappa shape index (κ1) is 22.0. The van der Waals surface area contributed by atoms with Crippen LogP contribution in [0.15, 0.2) is 42.5 Å². The molecule has 0 aliphatic carbocycles. The van der Waals surface area contributed by atoms with Crippen molar-refractivity contribution in [3.8, 4) is 0 Å². The molecule has 1 fully saturated rings. The fourth-order valence-corrected chi connectivity index (χ4v) is 5.36. The van der Waals surface area contributed by atoms with Crippen LogP contribution in [0.2, 0.25) is 5.02 Å². The van der Waals surface area contributed by atoms with E-state index in [9.17, 15) is 23.3 Å². The summed E-state index contributed by atoms with van der Waals surface area (Å²) in [6.45, 7) is 0.172. The highest BCUT2D eigenvalue weighted by atomic mass is 35.5. The maximum atomic E-state index is 13.3. The Balaban J connectivity index is 1.96. The van der Waals surface area contributed by atoms with Gasteiger partial charge in [0.2, 0.25) is 0 Å². The Bertz CT molecular complexity index is 1070. The Hall–Kier alpha value is -2.65. The smallest absolute Gasteiger partial charge is 0.270 e. The minimum absolute atomic E-state index is 0.00365. The number of amides is 1. The molecule has 0 saturated carbocycles. The number of anilines is 1. The van der Waals surface area contributed by atoms with Gasteiger partial charge >= 0.3 is 0 Å². The van der Waals surface area contributed by atoms with E-state index in [2.05, 4.69) is 0 Å². The van der Waals surface area contributed by atoms with Gasteiger partial charge in [0, 0.05) is 44.5 Å². The summed E-state index contributed by atoms with van der Waals surface area (Å²) in [5, 5.41) is 11.2. The molecule has 0 N–H and O–H groups in total. The molecule has 1 saturated heterocycles. The molecule has 0 bridgehead atoms. The van der Waals surface area contributed by atoms with E-state index in [1.165, 1.54) is 17.0 Å². The van der Waals surface area contributed by atoms with Crippen molar-refractivity contribution >= 4 is 38.7 Å². The molecule has 2 aromatic carbocycles. The normalized spacial score (nSPS) is 17.5. The summed E-state index contributed by atoms with van der Waals surface area (Å²) >= 11 is 6.17. The Kier molecular flexibility index (Phi) is 6.33. The molecule has 1 unspecified atom stereocenters. The van der Waals surface area contributed by atoms with Crippen LogP contribution in [-0.2, 0) is 16.4 Å². The predicted octanol–water partition coefficient (Wildman–Crippen LogP) is 3.14. The highest BCUT2D eigenvalue weighted by molar-refractivity contribution is 7.91. The van der Waals surface area contributed by atoms with Gasteiger partial charge in [0.25, 0.3) is 11.6 Å². The van der Waals surface area contributed by atoms with Crippen LogP contribution >= 0.6 is 11.6 Å². The second-order valence-electron chi connectivity index (χ2n) is 7.47. The fraction of sp³-hybridized carbons (Fsp3) is 0.350. The standard InChI is InChI=1S/C20H22ClN3O5S/c1-22(2)15-5-3-14(4-6-15)12-23(17-9-10-30(28,29)13-17)20(25)18-11-16(24(26)27)7-8-19(18)21/h3-8,11,17H,9-10,12-13H2,1-2H3. The van der Waals surface area contributed by atoms with E-state index in [-0.39, 0.29) is 34.3 Å². The molecule has 160 valence electrons. The lowest BCUT2D eigenvalue weighted by Crippen LogP contribution is -2.40. The third-order valence-electron chi connectivity index (χ3n) is 5.11. The highest BCUT2D eigenvalue weighted by Crippen LogP contribution is 2.28. The van der Waals surface area contributed by atoms with E-state index in [0.29, 0.717) is 6.42 Å². The van der Waals surface area contributed by atoms with Crippen molar-refractivity contribution in [1.29, 1.82) is 0 Å². The van der Waals surface area contributed by atoms with Crippen molar-refractivity contribution in [2.75, 3.05) is 30.5 Å². The van der Waals surface area contributed by atoms with Crippen LogP contribution in [0.5, 0.6) is 0 Å². The van der Waals surface area contributed by atoms with E-state index in [1.807, 2.05) is 43.3 Å². The molecule has 1 atom stereocenters. The van der Waals surface area contributed by atoms with Crippen LogP contribution in [-0.4, -0.2) is 55.8 Å². The summed E-state index contributed by atoms with van der Waals surface area (Å²) in [7, 11) is 0.590. The summed E-state index contributed by atoms with van der Waals surface area (Å²) in [5.74, 6) is -0.660. The number of sulfone groups is 1. The number of benzene rings is 2. The molecule has 1 amide bonds. The molecule has 30 heavy (non-hydrogen) atoms. The fourth-order valence-electron chi connectivity index (χ4n) is 3.43. The molecule has 0 radical (unpaired) electrons. The van der Waals surface area contributed by atoms with Gasteiger partial charge in [-0.15, -0.1) is 0 Å². The van der Waals surface area contributed by atoms with Crippen LogP contribution in [0.3, 0.4) is 0 Å². The molecule has 0 aromatic heterocycles. The first-order valence-corrected chi connectivity index (χ1v) is 11.5.